The second-order valence-corrected chi connectivity index (χ2v) is 5.33. The molecule has 1 aromatic carbocycles. The summed E-state index contributed by atoms with van der Waals surface area (Å²) in [6.45, 7) is 0. The fourth-order valence-electron chi connectivity index (χ4n) is 1.80. The molecule has 0 aliphatic carbocycles. The van der Waals surface area contributed by atoms with Crippen LogP contribution in [0.25, 0.3) is 4.96 Å². The van der Waals surface area contributed by atoms with E-state index in [9.17, 15) is 9.18 Å². The molecule has 0 unspecified atom stereocenters. The Bertz CT molecular complexity index is 736. The molecule has 0 N–H and O–H groups in total. The van der Waals surface area contributed by atoms with Gasteiger partial charge in [-0.25, -0.2) is 9.37 Å². The Labute approximate surface area is 117 Å². The van der Waals surface area contributed by atoms with Crippen LogP contribution in [-0.2, 0) is 6.42 Å². The lowest BCUT2D eigenvalue weighted by Crippen LogP contribution is -2.04. The highest BCUT2D eigenvalue weighted by Gasteiger charge is 2.12. The quantitative estimate of drug-likeness (QED) is 0.692. The topological polar surface area (TPSA) is 34.4 Å². The van der Waals surface area contributed by atoms with Crippen molar-refractivity contribution in [3.63, 3.8) is 0 Å². The van der Waals surface area contributed by atoms with Crippen LogP contribution in [0.1, 0.15) is 16.1 Å². The van der Waals surface area contributed by atoms with Crippen LogP contribution in [0.15, 0.2) is 36.0 Å². The number of halogens is 2. The third kappa shape index (κ3) is 2.39. The number of hydrogen-bond acceptors (Lipinski definition) is 3. The van der Waals surface area contributed by atoms with Gasteiger partial charge in [0.25, 0.3) is 0 Å². The summed E-state index contributed by atoms with van der Waals surface area (Å²) in [6, 6.07) is 4.06. The maximum Gasteiger partial charge on any atom is 0.193 e. The number of thiazole rings is 1. The molecular formula is C13H8ClFN2OS. The molecule has 3 aromatic rings. The average Bonchev–Trinajstić information content (AvgIpc) is 2.93. The molecule has 0 spiro atoms. The summed E-state index contributed by atoms with van der Waals surface area (Å²) in [5, 5.41) is 1.93. The zero-order chi connectivity index (χ0) is 13.4. The van der Waals surface area contributed by atoms with Crippen molar-refractivity contribution >= 4 is 33.7 Å². The number of nitrogens with zero attached hydrogens (tertiary/aromatic N) is 2. The summed E-state index contributed by atoms with van der Waals surface area (Å²) >= 11 is 7.08. The molecule has 0 radical (unpaired) electrons. The molecule has 0 fully saturated rings. The van der Waals surface area contributed by atoms with Gasteiger partial charge in [0.05, 0.1) is 17.1 Å². The van der Waals surface area contributed by atoms with Crippen LogP contribution in [0.2, 0.25) is 5.02 Å². The fraction of sp³-hybridized carbons (Fsp3) is 0.0769. The van der Waals surface area contributed by atoms with Gasteiger partial charge in [-0.1, -0.05) is 11.6 Å². The van der Waals surface area contributed by atoms with Crippen LogP contribution in [0.5, 0.6) is 0 Å². The molecule has 2 heterocycles. The second-order valence-electron chi connectivity index (χ2n) is 4.05. The molecule has 0 amide bonds. The van der Waals surface area contributed by atoms with Crippen molar-refractivity contribution in [1.82, 2.24) is 9.38 Å². The molecule has 0 saturated heterocycles. The van der Waals surface area contributed by atoms with E-state index in [0.29, 0.717) is 11.3 Å². The van der Waals surface area contributed by atoms with Crippen molar-refractivity contribution < 1.29 is 9.18 Å². The third-order valence-electron chi connectivity index (χ3n) is 2.73. The number of imidazole rings is 1. The Hall–Kier alpha value is -1.72. The molecule has 0 aliphatic heterocycles. The Kier molecular flexibility index (Phi) is 3.08. The monoisotopic (exact) mass is 294 g/mol. The lowest BCUT2D eigenvalue weighted by atomic mass is 10.1. The van der Waals surface area contributed by atoms with Gasteiger partial charge in [0.15, 0.2) is 10.7 Å². The highest BCUT2D eigenvalue weighted by Crippen LogP contribution is 2.18. The molecule has 19 heavy (non-hydrogen) atoms. The van der Waals surface area contributed by atoms with E-state index in [1.165, 1.54) is 23.5 Å². The van der Waals surface area contributed by atoms with Gasteiger partial charge in [0, 0.05) is 23.3 Å². The van der Waals surface area contributed by atoms with Crippen LogP contribution in [0.3, 0.4) is 0 Å². The summed E-state index contributed by atoms with van der Waals surface area (Å²) in [7, 11) is 0. The fourth-order valence-corrected chi connectivity index (χ4v) is 2.63. The average molecular weight is 295 g/mol. The Balaban J connectivity index is 1.84. The molecule has 0 aliphatic rings. The van der Waals surface area contributed by atoms with Crippen LogP contribution >= 0.6 is 22.9 Å². The third-order valence-corrected chi connectivity index (χ3v) is 3.80. The van der Waals surface area contributed by atoms with E-state index in [4.69, 9.17) is 11.6 Å². The number of carbonyl (C=O) groups excluding carboxylic acids is 1. The van der Waals surface area contributed by atoms with Crippen molar-refractivity contribution in [3.05, 3.63) is 58.1 Å². The van der Waals surface area contributed by atoms with Crippen LogP contribution in [0, 0.1) is 5.82 Å². The van der Waals surface area contributed by atoms with Gasteiger partial charge in [-0.2, -0.15) is 0 Å². The standard InChI is InChI=1S/C13H8ClFN2OS/c14-10-2-1-8(5-11(10)15)12(18)6-9-7-17-3-4-19-13(17)16-9/h1-5,7H,6H2. The van der Waals surface area contributed by atoms with Crippen molar-refractivity contribution in [2.24, 2.45) is 0 Å². The first-order valence-corrected chi connectivity index (χ1v) is 6.78. The predicted molar refractivity (Wildman–Crippen MR) is 72.5 cm³/mol. The lowest BCUT2D eigenvalue weighted by molar-refractivity contribution is 0.0991. The van der Waals surface area contributed by atoms with Crippen molar-refractivity contribution in [3.8, 4) is 0 Å². The zero-order valence-corrected chi connectivity index (χ0v) is 11.2. The Morgan fingerprint density at radius 3 is 3.05 bits per heavy atom. The van der Waals surface area contributed by atoms with Gasteiger partial charge >= 0.3 is 0 Å². The number of ketones is 1. The predicted octanol–water partition coefficient (Wildman–Crippen LogP) is 3.61. The molecule has 0 saturated carbocycles. The molecule has 96 valence electrons. The van der Waals surface area contributed by atoms with Gasteiger partial charge < -0.3 is 0 Å². The number of hydrogen-bond donors (Lipinski definition) is 0. The van der Waals surface area contributed by atoms with E-state index in [-0.39, 0.29) is 17.2 Å². The van der Waals surface area contributed by atoms with Crippen molar-refractivity contribution in [2.75, 3.05) is 0 Å². The highest BCUT2D eigenvalue weighted by atomic mass is 35.5. The number of rotatable bonds is 3. The van der Waals surface area contributed by atoms with Gasteiger partial charge in [0.2, 0.25) is 0 Å². The van der Waals surface area contributed by atoms with E-state index in [1.807, 2.05) is 16.0 Å². The summed E-state index contributed by atoms with van der Waals surface area (Å²) in [5.41, 5.74) is 0.977. The van der Waals surface area contributed by atoms with Crippen LogP contribution in [-0.4, -0.2) is 15.2 Å². The zero-order valence-electron chi connectivity index (χ0n) is 9.64. The first-order chi connectivity index (χ1) is 9.13. The van der Waals surface area contributed by atoms with Gasteiger partial charge in [-0.15, -0.1) is 11.3 Å². The molecule has 0 bridgehead atoms. The summed E-state index contributed by atoms with van der Waals surface area (Å²) < 4.78 is 15.2. The molecule has 0 atom stereocenters. The smallest absolute Gasteiger partial charge is 0.193 e. The largest absolute Gasteiger partial charge is 0.297 e. The normalized spacial score (nSPS) is 11.1. The first-order valence-electron chi connectivity index (χ1n) is 5.53. The number of aromatic nitrogens is 2. The van der Waals surface area contributed by atoms with Crippen LogP contribution in [0.4, 0.5) is 4.39 Å². The van der Waals surface area contributed by atoms with Crippen molar-refractivity contribution in [1.29, 1.82) is 0 Å². The maximum absolute atomic E-state index is 13.3. The van der Waals surface area contributed by atoms with E-state index >= 15 is 0 Å². The summed E-state index contributed by atoms with van der Waals surface area (Å²) in [5.74, 6) is -0.764. The van der Waals surface area contributed by atoms with Crippen LogP contribution < -0.4 is 0 Å². The maximum atomic E-state index is 13.3. The van der Waals surface area contributed by atoms with Gasteiger partial charge in [-0.05, 0) is 18.2 Å². The van der Waals surface area contributed by atoms with E-state index in [2.05, 4.69) is 4.98 Å². The molecule has 3 rings (SSSR count). The number of benzene rings is 1. The first kappa shape index (κ1) is 12.3. The summed E-state index contributed by atoms with van der Waals surface area (Å²) in [4.78, 5) is 17.2. The van der Waals surface area contributed by atoms with Gasteiger partial charge in [-0.3, -0.25) is 9.20 Å². The van der Waals surface area contributed by atoms with Gasteiger partial charge in [0.1, 0.15) is 5.82 Å². The second kappa shape index (κ2) is 4.75. The number of Topliss-reactive ketones (excluding diaryl/α,β-unsaturated/α-hetero) is 1. The number of fused-ring (bicyclic) bond motifs is 1. The molecule has 3 nitrogen and oxygen atoms in total. The van der Waals surface area contributed by atoms with E-state index in [0.717, 1.165) is 11.0 Å². The van der Waals surface area contributed by atoms with E-state index in [1.54, 1.807) is 6.20 Å². The highest BCUT2D eigenvalue weighted by molar-refractivity contribution is 7.15. The minimum absolute atomic E-state index is 0.0130. The molecule has 6 heteroatoms. The Morgan fingerprint density at radius 1 is 1.47 bits per heavy atom. The minimum Gasteiger partial charge on any atom is -0.297 e. The number of carbonyl (C=O) groups is 1. The Morgan fingerprint density at radius 2 is 2.32 bits per heavy atom. The molecule has 2 aromatic heterocycles. The van der Waals surface area contributed by atoms with Crippen molar-refractivity contribution in [2.45, 2.75) is 6.42 Å². The minimum atomic E-state index is -0.585. The molecular weight excluding hydrogens is 287 g/mol. The lowest BCUT2D eigenvalue weighted by Gasteiger charge is -2.00. The summed E-state index contributed by atoms with van der Waals surface area (Å²) in [6.07, 6.45) is 3.83. The van der Waals surface area contributed by atoms with E-state index < -0.39 is 5.82 Å². The SMILES string of the molecule is O=C(Cc1cn2ccsc2n1)c1ccc(Cl)c(F)c1.